The van der Waals surface area contributed by atoms with Crippen LogP contribution in [0, 0.1) is 11.8 Å². The lowest BCUT2D eigenvalue weighted by molar-refractivity contribution is -0.137. The van der Waals surface area contributed by atoms with Crippen molar-refractivity contribution in [1.29, 1.82) is 0 Å². The standard InChI is InChI=1S/C50H85N15O12/c1-26(2)24-37-47(74)59-32(14-19-51)42(69)58-35(17-22-54)46(73)65-39(27(3)66)49(76)56-23-18-36(45(72)57-33(15-20-52)44(71)63-38(48(75)62-37)25-29-8-6-5-7-9-29)60-43(70)34(16-21-53)61-50(77)40(28(4)67)64-41(68)30-10-12-31(55)13-11-30/h5-9,26-28,30-40,66-67H,10-25,51-55H2,1-4H3,(H,56,76)(H,57,72)(H,58,69)(H,59,74)(H,60,70)(H,61,77)(H,62,75)(H,63,71)(H,64,68)(H,65,73)/t27?,28?,30-,31-,32-,33-,34-,35-,36-,37-,38+,39-,40-/m0/s1. The number of carbonyl (C=O) groups is 10. The number of rotatable bonds is 20. The number of carbonyl (C=O) groups excluding carboxylic acids is 10. The molecule has 0 bridgehead atoms. The molecule has 1 saturated heterocycles. The molecule has 2 unspecified atom stereocenters. The molecule has 27 nitrogen and oxygen atoms in total. The van der Waals surface area contributed by atoms with Crippen molar-refractivity contribution in [2.24, 2.45) is 40.5 Å². The lowest BCUT2D eigenvalue weighted by Gasteiger charge is -2.29. The molecule has 2 aliphatic rings. The van der Waals surface area contributed by atoms with E-state index in [-0.39, 0.29) is 76.7 Å². The van der Waals surface area contributed by atoms with E-state index in [1.807, 2.05) is 0 Å². The number of benzene rings is 1. The molecule has 27 heteroatoms. The molecular weight excluding hydrogens is 1000 g/mol. The summed E-state index contributed by atoms with van der Waals surface area (Å²) >= 11 is 0. The Morgan fingerprint density at radius 2 is 1.09 bits per heavy atom. The molecule has 1 aliphatic heterocycles. The Bertz CT molecular complexity index is 2130. The Balaban J connectivity index is 2.10. The molecular formula is C50H85N15O12. The molecule has 0 spiro atoms. The average molecular weight is 1090 g/mol. The van der Waals surface area contributed by atoms with E-state index in [9.17, 15) is 58.2 Å². The van der Waals surface area contributed by atoms with E-state index in [4.69, 9.17) is 28.7 Å². The van der Waals surface area contributed by atoms with Gasteiger partial charge >= 0.3 is 0 Å². The number of hydrogen-bond acceptors (Lipinski definition) is 17. The predicted molar refractivity (Wildman–Crippen MR) is 283 cm³/mol. The van der Waals surface area contributed by atoms with Crippen molar-refractivity contribution in [3.63, 3.8) is 0 Å². The van der Waals surface area contributed by atoms with E-state index < -0.39 is 145 Å². The monoisotopic (exact) mass is 1090 g/mol. The van der Waals surface area contributed by atoms with E-state index in [1.54, 1.807) is 44.2 Å². The van der Waals surface area contributed by atoms with Crippen LogP contribution in [-0.4, -0.2) is 175 Å². The zero-order valence-corrected chi connectivity index (χ0v) is 44.6. The van der Waals surface area contributed by atoms with Gasteiger partial charge in [0.2, 0.25) is 59.1 Å². The Morgan fingerprint density at radius 3 is 1.60 bits per heavy atom. The van der Waals surface area contributed by atoms with Crippen molar-refractivity contribution >= 4 is 59.1 Å². The second-order valence-electron chi connectivity index (χ2n) is 20.2. The van der Waals surface area contributed by atoms with Gasteiger partial charge in [0.15, 0.2) is 0 Å². The molecule has 1 aliphatic carbocycles. The van der Waals surface area contributed by atoms with Gasteiger partial charge in [0, 0.05) is 24.9 Å². The van der Waals surface area contributed by atoms with Crippen molar-refractivity contribution < 1.29 is 58.2 Å². The van der Waals surface area contributed by atoms with E-state index in [0.717, 1.165) is 0 Å². The smallest absolute Gasteiger partial charge is 0.245 e. The van der Waals surface area contributed by atoms with Gasteiger partial charge in [-0.1, -0.05) is 44.2 Å². The normalized spacial score (nSPS) is 26.4. The first-order valence-corrected chi connectivity index (χ1v) is 26.5. The molecule has 0 aromatic heterocycles. The minimum absolute atomic E-state index is 0.0598. The highest BCUT2D eigenvalue weighted by Gasteiger charge is 2.38. The maximum absolute atomic E-state index is 14.4. The quantitative estimate of drug-likeness (QED) is 0.0578. The Morgan fingerprint density at radius 1 is 0.597 bits per heavy atom. The van der Waals surface area contributed by atoms with Crippen LogP contribution in [0.15, 0.2) is 30.3 Å². The van der Waals surface area contributed by atoms with Crippen LogP contribution < -0.4 is 81.8 Å². The molecule has 1 aromatic carbocycles. The van der Waals surface area contributed by atoms with Crippen LogP contribution in [0.5, 0.6) is 0 Å². The zero-order valence-electron chi connectivity index (χ0n) is 44.6. The third-order valence-corrected chi connectivity index (χ3v) is 13.2. The van der Waals surface area contributed by atoms with Gasteiger partial charge in [0.25, 0.3) is 0 Å². The zero-order chi connectivity index (χ0) is 57.4. The number of nitrogens with two attached hydrogens (primary N) is 5. The van der Waals surface area contributed by atoms with Gasteiger partial charge in [-0.05, 0) is 116 Å². The Hall–Kier alpha value is -6.36. The molecule has 1 aromatic rings. The topological polar surface area (TPSA) is 462 Å². The highest BCUT2D eigenvalue weighted by molar-refractivity contribution is 5.99. The summed E-state index contributed by atoms with van der Waals surface area (Å²) in [6, 6.07) is -4.59. The van der Waals surface area contributed by atoms with E-state index in [2.05, 4.69) is 53.2 Å². The van der Waals surface area contributed by atoms with Gasteiger partial charge in [0.05, 0.1) is 12.2 Å². The minimum Gasteiger partial charge on any atom is -0.391 e. The van der Waals surface area contributed by atoms with E-state index in [0.29, 0.717) is 31.2 Å². The van der Waals surface area contributed by atoms with Crippen LogP contribution in [0.25, 0.3) is 0 Å². The number of amides is 10. The molecule has 3 rings (SSSR count). The highest BCUT2D eigenvalue weighted by atomic mass is 16.3. The molecule has 11 atom stereocenters. The van der Waals surface area contributed by atoms with E-state index >= 15 is 0 Å². The molecule has 77 heavy (non-hydrogen) atoms. The Kier molecular flexibility index (Phi) is 27.9. The van der Waals surface area contributed by atoms with Crippen molar-refractivity contribution in [3.05, 3.63) is 35.9 Å². The second kappa shape index (κ2) is 33.0. The van der Waals surface area contributed by atoms with Crippen molar-refractivity contribution in [1.82, 2.24) is 53.2 Å². The molecule has 1 saturated carbocycles. The summed E-state index contributed by atoms with van der Waals surface area (Å²) in [4.78, 5) is 140. The van der Waals surface area contributed by atoms with Crippen LogP contribution >= 0.6 is 0 Å². The molecule has 22 N–H and O–H groups in total. The fourth-order valence-electron chi connectivity index (χ4n) is 8.83. The first-order valence-electron chi connectivity index (χ1n) is 26.5. The third-order valence-electron chi connectivity index (χ3n) is 13.2. The van der Waals surface area contributed by atoms with Gasteiger partial charge in [-0.25, -0.2) is 0 Å². The first-order chi connectivity index (χ1) is 36.5. The summed E-state index contributed by atoms with van der Waals surface area (Å²) in [7, 11) is 0. The molecule has 1 heterocycles. The summed E-state index contributed by atoms with van der Waals surface area (Å²) in [5, 5.41) is 47.0. The molecule has 2 fully saturated rings. The van der Waals surface area contributed by atoms with Gasteiger partial charge < -0.3 is 92.0 Å². The SMILES string of the molecule is CC(C)C[C@@H]1NC(=O)[C@@H](Cc2ccccc2)NC(=O)[C@H](CCN)NC(=O)[C@@H](NC(=O)[C@H](CCN)NC(=O)[C@@H](NC(=O)[C@H]2CC[C@H](N)CC2)C(C)O)CCNC(=O)[C@H](C(C)O)NC(=O)[C@H](CCN)NC(=O)[C@H](CCN)NC1=O. The number of aliphatic hydroxyl groups is 2. The minimum atomic E-state index is -1.66. The van der Waals surface area contributed by atoms with E-state index in [1.165, 1.54) is 13.8 Å². The fourth-order valence-corrected chi connectivity index (χ4v) is 8.83. The van der Waals surface area contributed by atoms with Crippen LogP contribution in [0.1, 0.15) is 97.5 Å². The fraction of sp³-hybridized carbons (Fsp3) is 0.680. The van der Waals surface area contributed by atoms with Crippen LogP contribution in [-0.2, 0) is 54.4 Å². The van der Waals surface area contributed by atoms with Crippen molar-refractivity contribution in [2.45, 2.75) is 171 Å². The number of aliphatic hydroxyl groups excluding tert-OH is 2. The molecule has 432 valence electrons. The number of hydrogen-bond donors (Lipinski definition) is 17. The maximum atomic E-state index is 14.4. The van der Waals surface area contributed by atoms with Gasteiger partial charge in [-0.15, -0.1) is 0 Å². The van der Waals surface area contributed by atoms with Crippen molar-refractivity contribution in [2.75, 3.05) is 32.7 Å². The summed E-state index contributed by atoms with van der Waals surface area (Å²) in [6.45, 7) is 5.07. The predicted octanol–water partition coefficient (Wildman–Crippen LogP) is -6.17. The summed E-state index contributed by atoms with van der Waals surface area (Å²) in [5.74, 6) is -9.29. The molecule has 10 amide bonds. The number of nitrogens with one attached hydrogen (secondary N) is 10. The van der Waals surface area contributed by atoms with Crippen LogP contribution in [0.2, 0.25) is 0 Å². The van der Waals surface area contributed by atoms with Crippen LogP contribution in [0.3, 0.4) is 0 Å². The third kappa shape index (κ3) is 21.5. The van der Waals surface area contributed by atoms with Crippen LogP contribution in [0.4, 0.5) is 0 Å². The summed E-state index contributed by atoms with van der Waals surface area (Å²) < 4.78 is 0. The highest BCUT2D eigenvalue weighted by Crippen LogP contribution is 2.23. The van der Waals surface area contributed by atoms with Gasteiger partial charge in [0.1, 0.15) is 54.4 Å². The maximum Gasteiger partial charge on any atom is 0.245 e. The molecule has 0 radical (unpaired) electrons. The largest absolute Gasteiger partial charge is 0.391 e. The van der Waals surface area contributed by atoms with Gasteiger partial charge in [-0.2, -0.15) is 0 Å². The van der Waals surface area contributed by atoms with Crippen molar-refractivity contribution in [3.8, 4) is 0 Å². The Labute approximate surface area is 449 Å². The average Bonchev–Trinajstić information content (AvgIpc) is 3.37. The second-order valence-corrected chi connectivity index (χ2v) is 20.2. The first kappa shape index (κ1) is 64.9. The lowest BCUT2D eigenvalue weighted by atomic mass is 9.85. The summed E-state index contributed by atoms with van der Waals surface area (Å²) in [6.07, 6.45) is -1.99. The summed E-state index contributed by atoms with van der Waals surface area (Å²) in [5.41, 5.74) is 30.1. The lowest BCUT2D eigenvalue weighted by Crippen LogP contribution is -2.61. The van der Waals surface area contributed by atoms with Gasteiger partial charge in [-0.3, -0.25) is 47.9 Å².